The summed E-state index contributed by atoms with van der Waals surface area (Å²) in [6.07, 6.45) is 0.386. The van der Waals surface area contributed by atoms with E-state index in [-0.39, 0.29) is 28.7 Å². The second-order valence-corrected chi connectivity index (χ2v) is 9.47. The molecule has 0 N–H and O–H groups in total. The molecule has 144 valence electrons. The summed E-state index contributed by atoms with van der Waals surface area (Å²) in [5.74, 6) is -0.214. The van der Waals surface area contributed by atoms with Gasteiger partial charge in [-0.1, -0.05) is 11.8 Å². The summed E-state index contributed by atoms with van der Waals surface area (Å²) in [5, 5.41) is 10.6. The van der Waals surface area contributed by atoms with Crippen LogP contribution < -0.4 is 0 Å². The summed E-state index contributed by atoms with van der Waals surface area (Å²) in [6, 6.07) is 4.99. The lowest BCUT2D eigenvalue weighted by atomic mass is 9.98. The van der Waals surface area contributed by atoms with Crippen LogP contribution in [0.5, 0.6) is 0 Å². The lowest BCUT2D eigenvalue weighted by molar-refractivity contribution is -0.384. The molecule has 0 bridgehead atoms. The molecule has 1 aromatic carbocycles. The van der Waals surface area contributed by atoms with E-state index in [1.807, 2.05) is 6.92 Å². The highest BCUT2D eigenvalue weighted by Gasteiger charge is 2.61. The first-order chi connectivity index (χ1) is 12.7. The van der Waals surface area contributed by atoms with Gasteiger partial charge in [0, 0.05) is 24.8 Å². The zero-order valence-electron chi connectivity index (χ0n) is 14.7. The van der Waals surface area contributed by atoms with Crippen molar-refractivity contribution in [2.75, 3.05) is 5.75 Å². The molecule has 0 spiro atoms. The first-order valence-electron chi connectivity index (χ1n) is 8.23. The van der Waals surface area contributed by atoms with Crippen molar-refractivity contribution in [2.45, 2.75) is 43.0 Å². The molecule has 0 radical (unpaired) electrons. The number of amides is 1. The van der Waals surface area contributed by atoms with Gasteiger partial charge in [-0.25, -0.2) is 4.79 Å². The van der Waals surface area contributed by atoms with Crippen molar-refractivity contribution in [3.63, 3.8) is 0 Å². The summed E-state index contributed by atoms with van der Waals surface area (Å²) in [7, 11) is 0. The molecule has 2 fully saturated rings. The van der Waals surface area contributed by atoms with Gasteiger partial charge < -0.3 is 9.64 Å². The lowest BCUT2D eigenvalue weighted by Gasteiger charge is -2.37. The highest BCUT2D eigenvalue weighted by molar-refractivity contribution is 8.14. The minimum absolute atomic E-state index is 0.0410. The molecule has 3 unspecified atom stereocenters. The standard InChI is InChI=1S/C17H18N2O6S2/c1-10(20)26-9-17(2)15(18-13(21)7-14(18)27-17)16(22)25-8-11-3-5-12(6-4-11)19(23)24/h3-6,14-15H,7-9H2,1-2H3. The average molecular weight is 410 g/mol. The Morgan fingerprint density at radius 3 is 2.63 bits per heavy atom. The second-order valence-electron chi connectivity index (χ2n) is 6.60. The molecule has 0 aliphatic carbocycles. The third-order valence-corrected chi connectivity index (χ3v) is 7.43. The van der Waals surface area contributed by atoms with Gasteiger partial charge in [0.15, 0.2) is 5.12 Å². The highest BCUT2D eigenvalue weighted by Crippen LogP contribution is 2.52. The van der Waals surface area contributed by atoms with Gasteiger partial charge in [0.2, 0.25) is 5.91 Å². The van der Waals surface area contributed by atoms with Crippen LogP contribution in [-0.4, -0.2) is 48.7 Å². The maximum absolute atomic E-state index is 12.8. The average Bonchev–Trinajstić information content (AvgIpc) is 2.86. The molecule has 1 aromatic rings. The molecule has 10 heteroatoms. The molecule has 0 aromatic heterocycles. The number of carbonyl (C=O) groups is 3. The van der Waals surface area contributed by atoms with Crippen molar-refractivity contribution in [2.24, 2.45) is 0 Å². The molecule has 3 atom stereocenters. The minimum Gasteiger partial charge on any atom is -0.459 e. The zero-order chi connectivity index (χ0) is 19.8. The summed E-state index contributed by atoms with van der Waals surface area (Å²) < 4.78 is 4.79. The minimum atomic E-state index is -0.751. The van der Waals surface area contributed by atoms with Gasteiger partial charge in [-0.05, 0) is 24.6 Å². The second kappa shape index (κ2) is 7.51. The van der Waals surface area contributed by atoms with Crippen LogP contribution in [-0.2, 0) is 25.7 Å². The van der Waals surface area contributed by atoms with Crippen LogP contribution in [0, 0.1) is 10.1 Å². The highest BCUT2D eigenvalue weighted by atomic mass is 32.2. The summed E-state index contributed by atoms with van der Waals surface area (Å²) in [4.78, 5) is 47.8. The molecule has 1 amide bonds. The first-order valence-corrected chi connectivity index (χ1v) is 10.1. The third kappa shape index (κ3) is 3.96. The van der Waals surface area contributed by atoms with E-state index >= 15 is 0 Å². The van der Waals surface area contributed by atoms with Crippen molar-refractivity contribution >= 4 is 46.2 Å². The topological polar surface area (TPSA) is 107 Å². The van der Waals surface area contributed by atoms with Gasteiger partial charge >= 0.3 is 5.97 Å². The van der Waals surface area contributed by atoms with Crippen molar-refractivity contribution in [3.05, 3.63) is 39.9 Å². The molecule has 2 saturated heterocycles. The fourth-order valence-corrected chi connectivity index (χ4v) is 5.78. The van der Waals surface area contributed by atoms with Gasteiger partial charge in [-0.3, -0.25) is 19.7 Å². The number of hydrogen-bond acceptors (Lipinski definition) is 8. The Labute approximate surface area is 164 Å². The molecule has 2 heterocycles. The maximum atomic E-state index is 12.8. The van der Waals surface area contributed by atoms with Gasteiger partial charge in [0.05, 0.1) is 21.5 Å². The fourth-order valence-electron chi connectivity index (χ4n) is 3.15. The summed E-state index contributed by atoms with van der Waals surface area (Å²) >= 11 is 2.66. The SMILES string of the molecule is CC(=O)SCC1(C)SC2CC(=O)N2C1C(=O)OCc1ccc([N+](=O)[O-])cc1. The fraction of sp³-hybridized carbons (Fsp3) is 0.471. The van der Waals surface area contributed by atoms with Crippen LogP contribution in [0.4, 0.5) is 5.69 Å². The van der Waals surface area contributed by atoms with Crippen molar-refractivity contribution < 1.29 is 24.0 Å². The molecular formula is C17H18N2O6S2. The number of nitro groups is 1. The zero-order valence-corrected chi connectivity index (χ0v) is 16.4. The normalized spacial score (nSPS) is 26.3. The number of non-ortho nitro benzene ring substituents is 1. The predicted octanol–water partition coefficient (Wildman–Crippen LogP) is 2.35. The summed E-state index contributed by atoms with van der Waals surface area (Å²) in [5.41, 5.74) is 0.575. The van der Waals surface area contributed by atoms with Crippen LogP contribution in [0.15, 0.2) is 24.3 Å². The largest absolute Gasteiger partial charge is 0.459 e. The predicted molar refractivity (Wildman–Crippen MR) is 101 cm³/mol. The van der Waals surface area contributed by atoms with E-state index < -0.39 is 21.7 Å². The Morgan fingerprint density at radius 2 is 2.07 bits per heavy atom. The van der Waals surface area contributed by atoms with Gasteiger partial charge in [-0.2, -0.15) is 0 Å². The number of ether oxygens (including phenoxy) is 1. The lowest BCUT2D eigenvalue weighted by Crippen LogP contribution is -2.58. The van der Waals surface area contributed by atoms with E-state index in [4.69, 9.17) is 4.74 Å². The quantitative estimate of drug-likeness (QED) is 0.304. The van der Waals surface area contributed by atoms with Crippen LogP contribution >= 0.6 is 23.5 Å². The van der Waals surface area contributed by atoms with E-state index in [1.165, 1.54) is 43.0 Å². The Hall–Kier alpha value is -2.07. The van der Waals surface area contributed by atoms with Gasteiger partial charge in [0.1, 0.15) is 12.6 Å². The summed E-state index contributed by atoms with van der Waals surface area (Å²) in [6.45, 7) is 3.30. The van der Waals surface area contributed by atoms with E-state index in [2.05, 4.69) is 0 Å². The van der Waals surface area contributed by atoms with Gasteiger partial charge in [-0.15, -0.1) is 11.8 Å². The molecule has 3 rings (SSSR count). The Balaban J connectivity index is 1.69. The number of fused-ring (bicyclic) bond motifs is 1. The molecule has 8 nitrogen and oxygen atoms in total. The number of hydrogen-bond donors (Lipinski definition) is 0. The number of rotatable bonds is 6. The molecule has 2 aliphatic heterocycles. The van der Waals surface area contributed by atoms with E-state index in [0.29, 0.717) is 17.7 Å². The smallest absolute Gasteiger partial charge is 0.330 e. The van der Waals surface area contributed by atoms with E-state index in [9.17, 15) is 24.5 Å². The number of carbonyl (C=O) groups excluding carboxylic acids is 3. The molecule has 0 saturated carbocycles. The van der Waals surface area contributed by atoms with Crippen LogP contribution in [0.2, 0.25) is 0 Å². The Morgan fingerprint density at radius 1 is 1.41 bits per heavy atom. The molecule has 2 aliphatic rings. The van der Waals surface area contributed by atoms with Crippen LogP contribution in [0.3, 0.4) is 0 Å². The number of nitrogens with zero attached hydrogens (tertiary/aromatic N) is 2. The van der Waals surface area contributed by atoms with Crippen molar-refractivity contribution in [3.8, 4) is 0 Å². The molecular weight excluding hydrogens is 392 g/mol. The van der Waals surface area contributed by atoms with Crippen molar-refractivity contribution in [1.29, 1.82) is 0 Å². The number of esters is 1. The number of nitro benzene ring substituents is 1. The first kappa shape index (κ1) is 19.7. The van der Waals surface area contributed by atoms with E-state index in [1.54, 1.807) is 4.90 Å². The number of β-lactam (4-membered cyclic amide) rings is 1. The third-order valence-electron chi connectivity index (χ3n) is 4.52. The van der Waals surface area contributed by atoms with Crippen molar-refractivity contribution in [1.82, 2.24) is 4.90 Å². The van der Waals surface area contributed by atoms with E-state index in [0.717, 1.165) is 11.8 Å². The number of thioether (sulfide) groups is 2. The molecule has 27 heavy (non-hydrogen) atoms. The Kier molecular flexibility index (Phi) is 5.48. The monoisotopic (exact) mass is 410 g/mol. The van der Waals surface area contributed by atoms with Crippen LogP contribution in [0.25, 0.3) is 0 Å². The Bertz CT molecular complexity index is 799. The number of benzene rings is 1. The van der Waals surface area contributed by atoms with Crippen LogP contribution in [0.1, 0.15) is 25.8 Å². The van der Waals surface area contributed by atoms with Gasteiger partial charge in [0.25, 0.3) is 5.69 Å². The maximum Gasteiger partial charge on any atom is 0.330 e.